The Morgan fingerprint density at radius 1 is 1.30 bits per heavy atom. The Kier molecular flexibility index (Phi) is 4.95. The van der Waals surface area contributed by atoms with Crippen molar-refractivity contribution in [3.63, 3.8) is 0 Å². The van der Waals surface area contributed by atoms with E-state index in [2.05, 4.69) is 13.0 Å². The van der Waals surface area contributed by atoms with E-state index in [9.17, 15) is 9.59 Å². The number of carbonyl (C=O) groups is 2. The molecule has 0 aromatic carbocycles. The molecule has 0 unspecified atom stereocenters. The summed E-state index contributed by atoms with van der Waals surface area (Å²) in [5.41, 5.74) is 3.52. The second kappa shape index (κ2) is 6.95. The minimum Gasteiger partial charge on any atom is -0.462 e. The fraction of sp³-hybridized carbons (Fsp3) is 0.556. The van der Waals surface area contributed by atoms with Crippen LogP contribution in [-0.2, 0) is 22.4 Å². The number of rotatable bonds is 6. The summed E-state index contributed by atoms with van der Waals surface area (Å²) in [6, 6.07) is 2.12. The van der Waals surface area contributed by atoms with E-state index >= 15 is 0 Å². The van der Waals surface area contributed by atoms with Crippen molar-refractivity contribution < 1.29 is 14.3 Å². The van der Waals surface area contributed by atoms with E-state index in [0.717, 1.165) is 54.1 Å². The van der Waals surface area contributed by atoms with E-state index < -0.39 is 5.97 Å². The highest BCUT2D eigenvalue weighted by Crippen LogP contribution is 2.42. The summed E-state index contributed by atoms with van der Waals surface area (Å²) in [7, 11) is 0. The number of fused-ring (bicyclic) bond motifs is 3. The predicted molar refractivity (Wildman–Crippen MR) is 92.6 cm³/mol. The third-order valence-corrected chi connectivity index (χ3v) is 5.60. The van der Waals surface area contributed by atoms with E-state index in [1.165, 1.54) is 12.0 Å². The molecule has 0 fully saturated rings. The first kappa shape index (κ1) is 16.4. The lowest BCUT2D eigenvalue weighted by molar-refractivity contribution is -0.137. The average Bonchev–Trinajstić information content (AvgIpc) is 3.04. The Morgan fingerprint density at radius 3 is 2.83 bits per heavy atom. The van der Waals surface area contributed by atoms with Gasteiger partial charge in [0.25, 0.3) is 5.91 Å². The Labute approximate surface area is 141 Å². The second-order valence-electron chi connectivity index (χ2n) is 5.98. The Morgan fingerprint density at radius 2 is 2.09 bits per heavy atom. The van der Waals surface area contributed by atoms with Crippen LogP contribution in [0.15, 0.2) is 11.6 Å². The van der Waals surface area contributed by atoms with Gasteiger partial charge in [-0.1, -0.05) is 13.3 Å². The first-order chi connectivity index (χ1) is 11.2. The van der Waals surface area contributed by atoms with Crippen molar-refractivity contribution >= 4 is 28.5 Å². The quantitative estimate of drug-likeness (QED) is 0.451. The van der Waals surface area contributed by atoms with E-state index in [4.69, 9.17) is 4.74 Å². The van der Waals surface area contributed by atoms with Crippen molar-refractivity contribution in [2.75, 3.05) is 12.4 Å². The summed E-state index contributed by atoms with van der Waals surface area (Å²) in [6.45, 7) is 4.20. The van der Waals surface area contributed by atoms with Crippen molar-refractivity contribution in [3.8, 4) is 0 Å². The highest BCUT2D eigenvalue weighted by atomic mass is 32.2. The monoisotopic (exact) mass is 333 g/mol. The van der Waals surface area contributed by atoms with Crippen LogP contribution in [0.3, 0.4) is 0 Å². The highest BCUT2D eigenvalue weighted by Gasteiger charge is 2.38. The van der Waals surface area contributed by atoms with Gasteiger partial charge in [-0.05, 0) is 56.4 Å². The lowest BCUT2D eigenvalue weighted by Gasteiger charge is -2.13. The number of ether oxygens (including phenoxy) is 1. The fourth-order valence-corrected chi connectivity index (χ4v) is 4.53. The van der Waals surface area contributed by atoms with Gasteiger partial charge in [-0.25, -0.2) is 4.79 Å². The van der Waals surface area contributed by atoms with E-state index in [-0.39, 0.29) is 18.1 Å². The molecule has 0 bridgehead atoms. The molecule has 23 heavy (non-hydrogen) atoms. The average molecular weight is 333 g/mol. The normalized spacial score (nSPS) is 16.5. The number of esters is 1. The van der Waals surface area contributed by atoms with Crippen molar-refractivity contribution in [1.82, 2.24) is 4.57 Å². The number of hydrogen-bond acceptors (Lipinski definition) is 4. The van der Waals surface area contributed by atoms with Gasteiger partial charge < -0.3 is 4.74 Å². The Bertz CT molecular complexity index is 672. The molecule has 3 rings (SSSR count). The zero-order valence-electron chi connectivity index (χ0n) is 13.8. The third-order valence-electron chi connectivity index (χ3n) is 4.40. The first-order valence-corrected chi connectivity index (χ1v) is 9.50. The molecular formula is C18H23NO3S. The molecule has 0 spiro atoms. The number of thioether (sulfide) groups is 1. The molecule has 2 heterocycles. The largest absolute Gasteiger partial charge is 0.462 e. The van der Waals surface area contributed by atoms with Gasteiger partial charge in [0, 0.05) is 5.69 Å². The summed E-state index contributed by atoms with van der Waals surface area (Å²) in [6.07, 6.45) is 6.40. The maximum atomic E-state index is 12.9. The van der Waals surface area contributed by atoms with Crippen LogP contribution in [0, 0.1) is 0 Å². The maximum Gasteiger partial charge on any atom is 0.345 e. The van der Waals surface area contributed by atoms with Crippen LogP contribution in [0.5, 0.6) is 0 Å². The third kappa shape index (κ3) is 2.87. The van der Waals surface area contributed by atoms with E-state index in [0.29, 0.717) is 0 Å². The molecule has 1 aromatic heterocycles. The van der Waals surface area contributed by atoms with Crippen LogP contribution in [-0.4, -0.2) is 28.8 Å². The van der Waals surface area contributed by atoms with Crippen LogP contribution in [0.25, 0.3) is 4.91 Å². The summed E-state index contributed by atoms with van der Waals surface area (Å²) >= 11 is 1.62. The highest BCUT2D eigenvalue weighted by molar-refractivity contribution is 8.08. The summed E-state index contributed by atoms with van der Waals surface area (Å²) in [5.74, 6) is 0.239. The zero-order chi connectivity index (χ0) is 16.4. The summed E-state index contributed by atoms with van der Waals surface area (Å²) in [5, 5.41) is 0. The molecule has 0 amide bonds. The minimum atomic E-state index is -0.482. The van der Waals surface area contributed by atoms with Crippen LogP contribution >= 0.6 is 11.8 Å². The molecule has 1 aromatic rings. The number of aryl methyl sites for hydroxylation is 1. The number of hydrogen-bond donors (Lipinski definition) is 0. The maximum absolute atomic E-state index is 12.9. The molecule has 1 aliphatic carbocycles. The summed E-state index contributed by atoms with van der Waals surface area (Å²) in [4.78, 5) is 26.0. The van der Waals surface area contributed by atoms with Crippen molar-refractivity contribution in [3.05, 3.63) is 28.6 Å². The number of aromatic nitrogens is 1. The van der Waals surface area contributed by atoms with Crippen LogP contribution in [0.2, 0.25) is 0 Å². The SMILES string of the molecule is CCCCSC1=C(C(=O)OCC)C(=O)n2c1cc1c2CCCC1. The van der Waals surface area contributed by atoms with Gasteiger partial charge >= 0.3 is 5.97 Å². The second-order valence-corrected chi connectivity index (χ2v) is 7.08. The molecule has 5 heteroatoms. The van der Waals surface area contributed by atoms with Crippen molar-refractivity contribution in [2.24, 2.45) is 0 Å². The Balaban J connectivity index is 2.01. The molecule has 0 N–H and O–H groups in total. The van der Waals surface area contributed by atoms with Crippen LogP contribution < -0.4 is 0 Å². The smallest absolute Gasteiger partial charge is 0.345 e. The molecule has 1 aliphatic heterocycles. The lowest BCUT2D eigenvalue weighted by Crippen LogP contribution is -2.20. The number of carbonyl (C=O) groups excluding carboxylic acids is 2. The number of unbranched alkanes of at least 4 members (excludes halogenated alkanes) is 1. The van der Waals surface area contributed by atoms with Crippen molar-refractivity contribution in [2.45, 2.75) is 52.4 Å². The van der Waals surface area contributed by atoms with Gasteiger partial charge in [0.2, 0.25) is 0 Å². The topological polar surface area (TPSA) is 48.3 Å². The standard InChI is InChI=1S/C18H23NO3S/c1-3-5-10-23-16-14-11-12-8-6-7-9-13(12)19(14)17(20)15(16)18(21)22-4-2/h11H,3-10H2,1-2H3. The fourth-order valence-electron chi connectivity index (χ4n) is 3.28. The lowest BCUT2D eigenvalue weighted by atomic mass is 9.97. The molecule has 2 aliphatic rings. The van der Waals surface area contributed by atoms with Gasteiger partial charge in [-0.15, -0.1) is 11.8 Å². The first-order valence-electron chi connectivity index (χ1n) is 8.51. The van der Waals surface area contributed by atoms with Crippen molar-refractivity contribution in [1.29, 1.82) is 0 Å². The molecule has 0 saturated heterocycles. The van der Waals surface area contributed by atoms with Gasteiger partial charge in [0.15, 0.2) is 0 Å². The summed E-state index contributed by atoms with van der Waals surface area (Å²) < 4.78 is 6.91. The molecule has 124 valence electrons. The number of nitrogens with zero attached hydrogens (tertiary/aromatic N) is 1. The molecule has 0 saturated carbocycles. The van der Waals surface area contributed by atoms with Gasteiger partial charge in [0.1, 0.15) is 5.57 Å². The van der Waals surface area contributed by atoms with Gasteiger partial charge in [-0.2, -0.15) is 0 Å². The zero-order valence-corrected chi connectivity index (χ0v) is 14.6. The van der Waals surface area contributed by atoms with E-state index in [1.54, 1.807) is 23.3 Å². The molecular weight excluding hydrogens is 310 g/mol. The molecule has 4 nitrogen and oxygen atoms in total. The Hall–Kier alpha value is -1.49. The van der Waals surface area contributed by atoms with Gasteiger partial charge in [0.05, 0.1) is 17.2 Å². The van der Waals surface area contributed by atoms with E-state index in [1.807, 2.05) is 0 Å². The van der Waals surface area contributed by atoms with Gasteiger partial charge in [-0.3, -0.25) is 9.36 Å². The molecule has 0 radical (unpaired) electrons. The van der Waals surface area contributed by atoms with Crippen LogP contribution in [0.1, 0.15) is 61.3 Å². The molecule has 0 atom stereocenters. The predicted octanol–water partition coefficient (Wildman–Crippen LogP) is 3.83. The minimum absolute atomic E-state index is 0.194. The van der Waals surface area contributed by atoms with Crippen LogP contribution in [0.4, 0.5) is 0 Å².